The van der Waals surface area contributed by atoms with Crippen molar-refractivity contribution >= 4 is 23.1 Å². The zero-order valence-electron chi connectivity index (χ0n) is 17.2. The molecule has 1 N–H and O–H groups in total. The van der Waals surface area contributed by atoms with Gasteiger partial charge in [0.1, 0.15) is 29.8 Å². The van der Waals surface area contributed by atoms with E-state index >= 15 is 0 Å². The zero-order valence-corrected chi connectivity index (χ0v) is 18.0. The highest BCUT2D eigenvalue weighted by Gasteiger charge is 2.50. The van der Waals surface area contributed by atoms with E-state index in [0.29, 0.717) is 13.2 Å². The molecule has 0 spiro atoms. The molecule has 1 saturated heterocycles. The van der Waals surface area contributed by atoms with E-state index in [2.05, 4.69) is 0 Å². The molecule has 2 heterocycles. The third-order valence-electron chi connectivity index (χ3n) is 5.15. The van der Waals surface area contributed by atoms with Gasteiger partial charge in [-0.25, -0.2) is 0 Å². The number of amidine groups is 1. The third kappa shape index (κ3) is 4.75. The highest BCUT2D eigenvalue weighted by atomic mass is 32.2. The summed E-state index contributed by atoms with van der Waals surface area (Å²) < 4.78 is 18.9. The second-order valence-corrected chi connectivity index (χ2v) is 8.64. The van der Waals surface area contributed by atoms with E-state index in [1.54, 1.807) is 11.8 Å². The highest BCUT2D eigenvalue weighted by molar-refractivity contribution is 8.14. The molecule has 30 heavy (non-hydrogen) atoms. The van der Waals surface area contributed by atoms with Crippen LogP contribution in [-0.2, 0) is 27.4 Å². The Kier molecular flexibility index (Phi) is 6.84. The minimum Gasteiger partial charge on any atom is -0.368 e. The number of thioether (sulfide) groups is 1. The van der Waals surface area contributed by atoms with E-state index < -0.39 is 12.2 Å². The van der Waals surface area contributed by atoms with Crippen LogP contribution in [-0.4, -0.2) is 60.2 Å². The van der Waals surface area contributed by atoms with Crippen molar-refractivity contribution in [3.05, 3.63) is 71.8 Å². The van der Waals surface area contributed by atoms with Crippen LogP contribution in [0.25, 0.3) is 0 Å². The molecule has 7 heteroatoms. The van der Waals surface area contributed by atoms with E-state index in [4.69, 9.17) is 24.6 Å². The van der Waals surface area contributed by atoms with Gasteiger partial charge in [0.2, 0.25) is 0 Å². The summed E-state index contributed by atoms with van der Waals surface area (Å²) in [5.74, 6) is 0. The summed E-state index contributed by atoms with van der Waals surface area (Å²) in [6.45, 7) is 0.890. The van der Waals surface area contributed by atoms with E-state index in [0.717, 1.165) is 16.3 Å². The lowest BCUT2D eigenvalue weighted by atomic mass is 9.98. The van der Waals surface area contributed by atoms with Crippen LogP contribution in [0.15, 0.2) is 65.7 Å². The lowest BCUT2D eigenvalue weighted by Gasteiger charge is -2.41. The summed E-state index contributed by atoms with van der Waals surface area (Å²) in [5, 5.41) is 8.85. The van der Waals surface area contributed by atoms with Crippen molar-refractivity contribution in [2.24, 2.45) is 4.99 Å². The molecule has 1 fully saturated rings. The summed E-state index contributed by atoms with van der Waals surface area (Å²) >= 11 is 1.58. The first-order valence-corrected chi connectivity index (χ1v) is 10.9. The molecule has 5 atom stereocenters. The Bertz CT molecular complexity index is 863. The average Bonchev–Trinajstić information content (AvgIpc) is 3.21. The van der Waals surface area contributed by atoms with Crippen molar-refractivity contribution < 1.29 is 14.2 Å². The minimum absolute atomic E-state index is 0.187. The molecule has 0 radical (unpaired) electrons. The number of nitrogens with one attached hydrogen (secondary N) is 1. The van der Waals surface area contributed by atoms with Gasteiger partial charge < -0.3 is 24.5 Å². The van der Waals surface area contributed by atoms with Gasteiger partial charge in [0.05, 0.1) is 13.2 Å². The number of hydrogen-bond donors (Lipinski definition) is 1. The Morgan fingerprint density at radius 1 is 0.967 bits per heavy atom. The fourth-order valence-electron chi connectivity index (χ4n) is 3.61. The molecule has 0 unspecified atom stereocenters. The van der Waals surface area contributed by atoms with Crippen LogP contribution in [0.5, 0.6) is 0 Å². The largest absolute Gasteiger partial charge is 0.368 e. The van der Waals surface area contributed by atoms with Gasteiger partial charge in [0.25, 0.3) is 0 Å². The summed E-state index contributed by atoms with van der Waals surface area (Å²) in [4.78, 5) is 6.86. The van der Waals surface area contributed by atoms with E-state index in [9.17, 15) is 0 Å². The fraction of sp³-hybridized carbons (Fsp3) is 0.391. The van der Waals surface area contributed by atoms with Crippen molar-refractivity contribution in [3.63, 3.8) is 0 Å². The summed E-state index contributed by atoms with van der Waals surface area (Å²) in [7, 11) is 3.95. The molecule has 2 aromatic rings. The molecular weight excluding hydrogens is 398 g/mol. The number of nitrogens with zero attached hydrogens (tertiary/aromatic N) is 2. The first-order chi connectivity index (χ1) is 14.7. The smallest absolute Gasteiger partial charge is 0.161 e. The number of aliphatic imine (C=N–C) groups is 1. The predicted octanol–water partition coefficient (Wildman–Crippen LogP) is 3.56. The monoisotopic (exact) mass is 425 g/mol. The molecule has 0 bridgehead atoms. The van der Waals surface area contributed by atoms with Gasteiger partial charge in [0, 0.05) is 20.3 Å². The maximum absolute atomic E-state index is 7.94. The Hall–Kier alpha value is -2.19. The third-order valence-corrected chi connectivity index (χ3v) is 6.46. The van der Waals surface area contributed by atoms with Crippen molar-refractivity contribution in [3.8, 4) is 0 Å². The second kappa shape index (κ2) is 9.75. The lowest BCUT2D eigenvalue weighted by Crippen LogP contribution is -2.57. The first kappa shape index (κ1) is 21.1. The van der Waals surface area contributed by atoms with Gasteiger partial charge in [0.15, 0.2) is 5.17 Å². The van der Waals surface area contributed by atoms with Crippen LogP contribution < -0.4 is 0 Å². The van der Waals surface area contributed by atoms with Crippen LogP contribution in [0.3, 0.4) is 0 Å². The van der Waals surface area contributed by atoms with Crippen LogP contribution in [0.2, 0.25) is 0 Å². The second-order valence-electron chi connectivity index (χ2n) is 7.57. The van der Waals surface area contributed by atoms with Gasteiger partial charge >= 0.3 is 0 Å². The molecule has 0 saturated carbocycles. The molecule has 0 aromatic heterocycles. The normalized spacial score (nSPS) is 27.9. The number of rotatable bonds is 7. The van der Waals surface area contributed by atoms with E-state index in [1.165, 1.54) is 6.21 Å². The molecule has 4 rings (SSSR count). The van der Waals surface area contributed by atoms with E-state index in [-0.39, 0.29) is 17.6 Å². The van der Waals surface area contributed by atoms with Crippen molar-refractivity contribution in [1.29, 1.82) is 5.41 Å². The zero-order chi connectivity index (χ0) is 20.9. The molecular formula is C23H27N3O3S. The van der Waals surface area contributed by atoms with Crippen LogP contribution in [0.4, 0.5) is 0 Å². The first-order valence-electron chi connectivity index (χ1n) is 10.0. The highest BCUT2D eigenvalue weighted by Crippen LogP contribution is 2.39. The Balaban J connectivity index is 1.56. The molecule has 2 aliphatic rings. The number of fused-ring (bicyclic) bond motifs is 1. The quantitative estimate of drug-likeness (QED) is 0.687. The maximum atomic E-state index is 7.94. The van der Waals surface area contributed by atoms with Gasteiger partial charge in [-0.05, 0) is 11.1 Å². The van der Waals surface area contributed by atoms with Gasteiger partial charge in [-0.2, -0.15) is 0 Å². The summed E-state index contributed by atoms with van der Waals surface area (Å²) in [6, 6.07) is 19.9. The van der Waals surface area contributed by atoms with Crippen LogP contribution >= 0.6 is 11.8 Å². The SMILES string of the molecule is CN(C)C1=N[C@@H]2[C@@H](OCc3ccccc3)[C@H](OCc3ccccc3)[C@@H](C=N)O[C@@H]2S1. The fourth-order valence-corrected chi connectivity index (χ4v) is 4.75. The lowest BCUT2D eigenvalue weighted by molar-refractivity contribution is -0.178. The van der Waals surface area contributed by atoms with Crippen molar-refractivity contribution in [2.75, 3.05) is 14.1 Å². The van der Waals surface area contributed by atoms with Crippen molar-refractivity contribution in [2.45, 2.75) is 43.0 Å². The predicted molar refractivity (Wildman–Crippen MR) is 120 cm³/mol. The Morgan fingerprint density at radius 3 is 2.07 bits per heavy atom. The minimum atomic E-state index is -0.486. The van der Waals surface area contributed by atoms with Crippen LogP contribution in [0, 0.1) is 5.41 Å². The Morgan fingerprint density at radius 2 is 1.53 bits per heavy atom. The molecule has 0 amide bonds. The standard InChI is InChI=1S/C23H27N3O3S/c1-26(2)23-25-19-21(28-15-17-11-7-4-8-12-17)20(18(13-24)29-22(19)30-23)27-14-16-9-5-3-6-10-16/h3-13,18-22,24H,14-15H2,1-2H3/t18-,19-,20-,21-,22-/m1/s1. The van der Waals surface area contributed by atoms with Crippen molar-refractivity contribution in [1.82, 2.24) is 4.90 Å². The maximum Gasteiger partial charge on any atom is 0.161 e. The molecule has 158 valence electrons. The molecule has 2 aliphatic heterocycles. The molecule has 2 aromatic carbocycles. The number of ether oxygens (including phenoxy) is 3. The summed E-state index contributed by atoms with van der Waals surface area (Å²) in [5.41, 5.74) is 1.98. The molecule has 6 nitrogen and oxygen atoms in total. The Labute approximate surface area is 181 Å². The average molecular weight is 426 g/mol. The number of benzene rings is 2. The molecule has 0 aliphatic carbocycles. The number of hydrogen-bond acceptors (Lipinski definition) is 7. The van der Waals surface area contributed by atoms with Crippen LogP contribution in [0.1, 0.15) is 11.1 Å². The van der Waals surface area contributed by atoms with Gasteiger partial charge in [-0.3, -0.25) is 4.99 Å². The van der Waals surface area contributed by atoms with Gasteiger partial charge in [-0.15, -0.1) is 0 Å². The van der Waals surface area contributed by atoms with E-state index in [1.807, 2.05) is 79.7 Å². The summed E-state index contributed by atoms with van der Waals surface area (Å²) in [6.07, 6.45) is 0.0987. The van der Waals surface area contributed by atoms with Gasteiger partial charge in [-0.1, -0.05) is 72.4 Å². The topological polar surface area (TPSA) is 67.1 Å².